The Labute approximate surface area is 214 Å². The van der Waals surface area contributed by atoms with E-state index in [-0.39, 0.29) is 19.5 Å². The summed E-state index contributed by atoms with van der Waals surface area (Å²) < 4.78 is 58.9. The van der Waals surface area contributed by atoms with Crippen LogP contribution in [0.2, 0.25) is 0 Å². The number of alkyl halides is 3. The van der Waals surface area contributed by atoms with Crippen LogP contribution in [0.1, 0.15) is 79.1 Å². The van der Waals surface area contributed by atoms with E-state index in [9.17, 15) is 13.2 Å². The van der Waals surface area contributed by atoms with Gasteiger partial charge in [0.2, 0.25) is 0 Å². The summed E-state index contributed by atoms with van der Waals surface area (Å²) in [6.45, 7) is 10.1. The molecule has 3 nitrogen and oxygen atoms in total. The molecule has 2 saturated heterocycles. The Morgan fingerprint density at radius 2 is 0.939 bits per heavy atom. The molecule has 0 aromatic carbocycles. The molecule has 1 radical (unpaired) electrons. The maximum absolute atomic E-state index is 10.7. The first kappa shape index (κ1) is 33.7. The molecule has 33 heavy (non-hydrogen) atoms. The van der Waals surface area contributed by atoms with Crippen LogP contribution in [0.15, 0.2) is 24.3 Å². The summed E-state index contributed by atoms with van der Waals surface area (Å²) in [7, 11) is -5.30. The minimum absolute atomic E-state index is 0. The Morgan fingerprint density at radius 3 is 1.12 bits per heavy atom. The zero-order valence-electron chi connectivity index (χ0n) is 20.2. The van der Waals surface area contributed by atoms with Crippen LogP contribution in [0.25, 0.3) is 0 Å². The topological polar surface area (TPSA) is 57.2 Å². The summed E-state index contributed by atoms with van der Waals surface area (Å²) in [4.78, 5) is 0. The van der Waals surface area contributed by atoms with Crippen LogP contribution in [0, 0.1) is 0 Å². The van der Waals surface area contributed by atoms with Crippen molar-refractivity contribution in [3.05, 3.63) is 24.3 Å². The van der Waals surface area contributed by atoms with Crippen LogP contribution in [-0.4, -0.2) is 53.4 Å². The van der Waals surface area contributed by atoms with Gasteiger partial charge < -0.3 is 4.55 Å². The minimum Gasteiger partial charge on any atom is -0.741 e. The predicted octanol–water partition coefficient (Wildman–Crippen LogP) is 7.81. The van der Waals surface area contributed by atoms with Gasteiger partial charge in [-0.15, -0.1) is 15.8 Å². The van der Waals surface area contributed by atoms with Gasteiger partial charge in [0.25, 0.3) is 0 Å². The molecule has 0 aromatic rings. The Bertz CT molecular complexity index is 632. The van der Waals surface area contributed by atoms with Crippen molar-refractivity contribution in [3.8, 4) is 0 Å². The second kappa shape index (κ2) is 16.4. The molecule has 2 heterocycles. The first-order chi connectivity index (χ1) is 14.8. The van der Waals surface area contributed by atoms with Crippen LogP contribution < -0.4 is 0 Å². The van der Waals surface area contributed by atoms with E-state index in [0.29, 0.717) is 15.8 Å². The number of rotatable bonds is 3. The van der Waals surface area contributed by atoms with Gasteiger partial charge in [0.05, 0.1) is 0 Å². The maximum Gasteiger partial charge on any atom is 0.485 e. The number of allylic oxidation sites excluding steroid dienone is 4. The normalized spacial score (nSPS) is 30.5. The fraction of sp³-hybridized carbons (Fsp3) is 0.826. The molecule has 0 aromatic heterocycles. The average molecular weight is 618 g/mol. The van der Waals surface area contributed by atoms with E-state index in [0.717, 1.165) is 22.6 Å². The third-order valence-electron chi connectivity index (χ3n) is 6.50. The summed E-state index contributed by atoms with van der Waals surface area (Å²) in [5, 5.41) is 0. The van der Waals surface area contributed by atoms with E-state index in [2.05, 4.69) is 52.0 Å². The molecule has 0 amide bonds. The summed E-state index contributed by atoms with van der Waals surface area (Å²) >= 11 is 0. The molecule has 10 heteroatoms. The zero-order valence-corrected chi connectivity index (χ0v) is 24.4. The van der Waals surface area contributed by atoms with Crippen molar-refractivity contribution in [1.29, 1.82) is 0 Å². The molecule has 0 unspecified atom stereocenters. The fourth-order valence-electron chi connectivity index (χ4n) is 4.47. The second-order valence-corrected chi connectivity index (χ2v) is 16.9. The van der Waals surface area contributed by atoms with Crippen molar-refractivity contribution in [2.24, 2.45) is 0 Å². The molecular formula is C23H40F3O3P2RhS-. The molecule has 0 bridgehead atoms. The van der Waals surface area contributed by atoms with Gasteiger partial charge in [-0.25, -0.2) is 8.42 Å². The first-order valence-electron chi connectivity index (χ1n) is 11.7. The van der Waals surface area contributed by atoms with Crippen molar-refractivity contribution in [3.63, 3.8) is 0 Å². The molecule has 2 aliphatic heterocycles. The quantitative estimate of drug-likeness (QED) is 0.107. The van der Waals surface area contributed by atoms with Crippen molar-refractivity contribution < 1.29 is 45.6 Å². The van der Waals surface area contributed by atoms with Crippen LogP contribution in [0.5, 0.6) is 0 Å². The Balaban J connectivity index is 0.000000512. The van der Waals surface area contributed by atoms with Crippen LogP contribution >= 0.6 is 15.8 Å². The van der Waals surface area contributed by atoms with E-state index < -0.39 is 15.6 Å². The molecule has 0 N–H and O–H groups in total. The van der Waals surface area contributed by atoms with Gasteiger partial charge >= 0.3 is 5.51 Å². The molecule has 4 atom stereocenters. The van der Waals surface area contributed by atoms with E-state index in [1.165, 1.54) is 51.4 Å². The molecular weight excluding hydrogens is 578 g/mol. The van der Waals surface area contributed by atoms with Crippen molar-refractivity contribution in [2.75, 3.05) is 12.3 Å². The van der Waals surface area contributed by atoms with Crippen LogP contribution in [0.4, 0.5) is 13.2 Å². The number of halogens is 3. The molecule has 0 spiro atoms. The van der Waals surface area contributed by atoms with E-state index >= 15 is 0 Å². The number of hydrogen-bond acceptors (Lipinski definition) is 3. The second-order valence-electron chi connectivity index (χ2n) is 9.02. The van der Waals surface area contributed by atoms with Gasteiger partial charge in [0.1, 0.15) is 0 Å². The van der Waals surface area contributed by atoms with Gasteiger partial charge in [-0.05, 0) is 86.3 Å². The summed E-state index contributed by atoms with van der Waals surface area (Å²) in [6, 6.07) is 0. The van der Waals surface area contributed by atoms with E-state index in [4.69, 9.17) is 13.0 Å². The molecule has 197 valence electrons. The zero-order chi connectivity index (χ0) is 24.4. The standard InChI is InChI=1S/C14H28P2.C8H12.CHF3O3S.Rh/c1-11-5-6-12(2)15(11)9-10-16-13(3)7-8-14(16)4;1-2-4-6-8-7-5-3-1;2-1(3,4)8(5,6)7;/h11-14H,5-10H2,1-4H3;1-2,7-8H,3-6H2;(H,5,6,7);/p-1/b;2-1-,8-7-;;/t11-,12-,13-,14-;;;/m0.../s1. The summed E-state index contributed by atoms with van der Waals surface area (Å²) in [5.41, 5.74) is -1.34. The predicted molar refractivity (Wildman–Crippen MR) is 132 cm³/mol. The third-order valence-corrected chi connectivity index (χ3v) is 14.5. The van der Waals surface area contributed by atoms with Crippen LogP contribution in [0.3, 0.4) is 0 Å². The Hall–Kier alpha value is 0.663. The third kappa shape index (κ3) is 13.0. The maximum atomic E-state index is 10.7. The monoisotopic (exact) mass is 618 g/mol. The number of hydrogen-bond donors (Lipinski definition) is 0. The van der Waals surface area contributed by atoms with E-state index in [1.54, 1.807) is 12.3 Å². The molecule has 1 aliphatic carbocycles. The average Bonchev–Trinajstić information content (AvgIpc) is 3.14. The largest absolute Gasteiger partial charge is 0.741 e. The van der Waals surface area contributed by atoms with Crippen molar-refractivity contribution in [2.45, 2.75) is 107 Å². The van der Waals surface area contributed by atoms with Gasteiger partial charge in [-0.1, -0.05) is 52.0 Å². The Morgan fingerprint density at radius 1 is 0.727 bits per heavy atom. The van der Waals surface area contributed by atoms with E-state index in [1.807, 2.05) is 0 Å². The summed E-state index contributed by atoms with van der Waals surface area (Å²) in [5.74, 6) is 0. The molecule has 3 rings (SSSR count). The molecule has 0 saturated carbocycles. The Kier molecular flexibility index (Phi) is 16.7. The molecule has 2 fully saturated rings. The van der Waals surface area contributed by atoms with Crippen molar-refractivity contribution >= 4 is 26.0 Å². The fourth-order valence-corrected chi connectivity index (χ4v) is 11.7. The van der Waals surface area contributed by atoms with Crippen molar-refractivity contribution in [1.82, 2.24) is 0 Å². The summed E-state index contributed by atoms with van der Waals surface area (Å²) in [6.07, 6.45) is 23.3. The van der Waals surface area contributed by atoms with Gasteiger partial charge in [-0.3, -0.25) is 0 Å². The van der Waals surface area contributed by atoms with Gasteiger partial charge in [0.15, 0.2) is 10.1 Å². The molecule has 3 aliphatic rings. The van der Waals surface area contributed by atoms with Gasteiger partial charge in [0, 0.05) is 19.5 Å². The first-order valence-corrected chi connectivity index (χ1v) is 16.4. The smallest absolute Gasteiger partial charge is 0.485 e. The van der Waals surface area contributed by atoms with Gasteiger partial charge in [-0.2, -0.15) is 13.2 Å². The van der Waals surface area contributed by atoms with Crippen LogP contribution in [-0.2, 0) is 29.6 Å². The minimum atomic E-state index is -6.09. The SMILES string of the molecule is C1=C\CC/C=C\CC/1.C[C@H]1CC[C@H](C)P1CCP1[C@@H](C)CC[C@@H]1C.O=S(=O)([O-])C(F)(F)F.[Rh].